The summed E-state index contributed by atoms with van der Waals surface area (Å²) in [6.07, 6.45) is 1.61. The summed E-state index contributed by atoms with van der Waals surface area (Å²) in [5.41, 5.74) is 1.06. The van der Waals surface area contributed by atoms with Crippen molar-refractivity contribution in [2.75, 3.05) is 27.9 Å². The van der Waals surface area contributed by atoms with Crippen molar-refractivity contribution in [2.45, 2.75) is 6.04 Å². The van der Waals surface area contributed by atoms with Gasteiger partial charge in [0.25, 0.3) is 5.91 Å². The number of para-hydroxylation sites is 1. The molecule has 2 aromatic carbocycles. The van der Waals surface area contributed by atoms with Gasteiger partial charge in [0.2, 0.25) is 11.5 Å². The van der Waals surface area contributed by atoms with Crippen LogP contribution in [0.15, 0.2) is 58.3 Å². The molecule has 0 aliphatic carbocycles. The van der Waals surface area contributed by atoms with Gasteiger partial charge in [-0.25, -0.2) is 0 Å². The predicted molar refractivity (Wildman–Crippen MR) is 112 cm³/mol. The standard InChI is InChI=1S/C23H21NO6/c1-5-10-24-19(13-11-16(27-2)21(29-4)17(12-13)28-3)18-20(25)14-8-6-7-9-15(14)30-22(18)23(24)26/h5-9,11-12,19H,1,10H2,2-4H3/t19-/m1/s1. The Hall–Kier alpha value is -3.74. The first-order valence-electron chi connectivity index (χ1n) is 9.33. The molecule has 154 valence electrons. The van der Waals surface area contributed by atoms with E-state index in [-0.39, 0.29) is 29.2 Å². The number of fused-ring (bicyclic) bond motifs is 2. The van der Waals surface area contributed by atoms with Gasteiger partial charge in [-0.15, -0.1) is 6.58 Å². The molecule has 0 N–H and O–H groups in total. The van der Waals surface area contributed by atoms with Crippen molar-refractivity contribution in [2.24, 2.45) is 0 Å². The van der Waals surface area contributed by atoms with Crippen LogP contribution in [0, 0.1) is 0 Å². The van der Waals surface area contributed by atoms with Crippen LogP contribution < -0.4 is 19.6 Å². The van der Waals surface area contributed by atoms with E-state index in [0.29, 0.717) is 33.8 Å². The number of hydrogen-bond acceptors (Lipinski definition) is 6. The summed E-state index contributed by atoms with van der Waals surface area (Å²) in [4.78, 5) is 28.1. The van der Waals surface area contributed by atoms with Crippen LogP contribution in [0.5, 0.6) is 17.2 Å². The molecule has 1 aromatic heterocycles. The monoisotopic (exact) mass is 407 g/mol. The van der Waals surface area contributed by atoms with Crippen molar-refractivity contribution < 1.29 is 23.4 Å². The van der Waals surface area contributed by atoms with E-state index < -0.39 is 6.04 Å². The van der Waals surface area contributed by atoms with E-state index in [1.807, 2.05) is 0 Å². The fraction of sp³-hybridized carbons (Fsp3) is 0.217. The lowest BCUT2D eigenvalue weighted by molar-refractivity contribution is 0.0748. The third-order valence-corrected chi connectivity index (χ3v) is 5.20. The second-order valence-electron chi connectivity index (χ2n) is 6.78. The Bertz CT molecular complexity index is 1190. The van der Waals surface area contributed by atoms with E-state index in [1.165, 1.54) is 21.3 Å². The normalized spacial score (nSPS) is 15.2. The first-order chi connectivity index (χ1) is 14.5. The van der Waals surface area contributed by atoms with E-state index in [9.17, 15) is 9.59 Å². The summed E-state index contributed by atoms with van der Waals surface area (Å²) in [5.74, 6) is 0.952. The second-order valence-corrected chi connectivity index (χ2v) is 6.78. The van der Waals surface area contributed by atoms with Crippen molar-refractivity contribution in [1.29, 1.82) is 0 Å². The lowest BCUT2D eigenvalue weighted by atomic mass is 9.97. The molecule has 3 aromatic rings. The van der Waals surface area contributed by atoms with Crippen molar-refractivity contribution >= 4 is 16.9 Å². The van der Waals surface area contributed by atoms with Crippen molar-refractivity contribution in [3.05, 3.63) is 76.2 Å². The molecule has 4 rings (SSSR count). The van der Waals surface area contributed by atoms with Crippen LogP contribution in [-0.4, -0.2) is 38.7 Å². The Morgan fingerprint density at radius 3 is 2.33 bits per heavy atom. The molecule has 1 amide bonds. The molecule has 0 spiro atoms. The van der Waals surface area contributed by atoms with Gasteiger partial charge in [-0.1, -0.05) is 18.2 Å². The lowest BCUT2D eigenvalue weighted by Crippen LogP contribution is -2.29. The number of nitrogens with zero attached hydrogens (tertiary/aromatic N) is 1. The number of amides is 1. The molecule has 0 radical (unpaired) electrons. The Morgan fingerprint density at radius 1 is 1.07 bits per heavy atom. The molecule has 1 atom stereocenters. The first kappa shape index (κ1) is 19.6. The number of methoxy groups -OCH3 is 3. The lowest BCUT2D eigenvalue weighted by Gasteiger charge is -2.25. The van der Waals surface area contributed by atoms with E-state index >= 15 is 0 Å². The van der Waals surface area contributed by atoms with Crippen LogP contribution in [0.4, 0.5) is 0 Å². The molecule has 1 aliphatic heterocycles. The molecular formula is C23H21NO6. The van der Waals surface area contributed by atoms with Gasteiger partial charge in [-0.3, -0.25) is 9.59 Å². The maximum atomic E-state index is 13.4. The number of carbonyl (C=O) groups excluding carboxylic acids is 1. The van der Waals surface area contributed by atoms with Gasteiger partial charge in [0, 0.05) is 6.54 Å². The molecule has 0 unspecified atom stereocenters. The van der Waals surface area contributed by atoms with Gasteiger partial charge < -0.3 is 23.5 Å². The second kappa shape index (κ2) is 7.59. The van der Waals surface area contributed by atoms with Crippen LogP contribution >= 0.6 is 0 Å². The molecular weight excluding hydrogens is 386 g/mol. The number of ether oxygens (including phenoxy) is 3. The van der Waals surface area contributed by atoms with E-state index in [1.54, 1.807) is 47.4 Å². The number of carbonyl (C=O) groups is 1. The van der Waals surface area contributed by atoms with Gasteiger partial charge >= 0.3 is 0 Å². The van der Waals surface area contributed by atoms with E-state index in [0.717, 1.165) is 0 Å². The van der Waals surface area contributed by atoms with Gasteiger partial charge in [-0.05, 0) is 29.8 Å². The van der Waals surface area contributed by atoms with Crippen LogP contribution in [0.1, 0.15) is 27.7 Å². The third-order valence-electron chi connectivity index (χ3n) is 5.20. The SMILES string of the molecule is C=CCN1C(=O)c2oc3ccccc3c(=O)c2[C@H]1c1cc(OC)c(OC)c(OC)c1. The van der Waals surface area contributed by atoms with E-state index in [2.05, 4.69) is 6.58 Å². The number of rotatable bonds is 6. The zero-order valence-corrected chi connectivity index (χ0v) is 16.9. The molecule has 0 bridgehead atoms. The summed E-state index contributed by atoms with van der Waals surface area (Å²) >= 11 is 0. The van der Waals surface area contributed by atoms with Crippen LogP contribution in [-0.2, 0) is 0 Å². The molecule has 0 saturated carbocycles. The minimum Gasteiger partial charge on any atom is -0.493 e. The topological polar surface area (TPSA) is 78.2 Å². The Morgan fingerprint density at radius 2 is 1.73 bits per heavy atom. The van der Waals surface area contributed by atoms with Crippen LogP contribution in [0.3, 0.4) is 0 Å². The summed E-state index contributed by atoms with van der Waals surface area (Å²) < 4.78 is 22.2. The highest BCUT2D eigenvalue weighted by Crippen LogP contribution is 2.44. The molecule has 1 aliphatic rings. The zero-order valence-electron chi connectivity index (χ0n) is 16.9. The Kier molecular flexibility index (Phi) is 4.95. The summed E-state index contributed by atoms with van der Waals surface area (Å²) in [6.45, 7) is 3.99. The highest BCUT2D eigenvalue weighted by atomic mass is 16.5. The van der Waals surface area contributed by atoms with Gasteiger partial charge in [-0.2, -0.15) is 0 Å². The number of hydrogen-bond donors (Lipinski definition) is 0. The van der Waals surface area contributed by atoms with Crippen molar-refractivity contribution in [3.8, 4) is 17.2 Å². The quantitative estimate of drug-likeness (QED) is 0.582. The maximum Gasteiger partial charge on any atom is 0.291 e. The minimum absolute atomic E-state index is 0.0410. The molecule has 2 heterocycles. The molecule has 7 heteroatoms. The smallest absolute Gasteiger partial charge is 0.291 e. The summed E-state index contributed by atoms with van der Waals surface area (Å²) in [5, 5.41) is 0.418. The highest BCUT2D eigenvalue weighted by molar-refractivity contribution is 5.99. The minimum atomic E-state index is -0.680. The predicted octanol–water partition coefficient (Wildman–Crippen LogP) is 3.55. The highest BCUT2D eigenvalue weighted by Gasteiger charge is 2.42. The molecule has 0 saturated heterocycles. The Labute approximate surface area is 173 Å². The molecule has 0 fully saturated rings. The average Bonchev–Trinajstić information content (AvgIpc) is 3.05. The molecule has 30 heavy (non-hydrogen) atoms. The van der Waals surface area contributed by atoms with Crippen molar-refractivity contribution in [1.82, 2.24) is 4.90 Å². The van der Waals surface area contributed by atoms with Crippen LogP contribution in [0.25, 0.3) is 11.0 Å². The largest absolute Gasteiger partial charge is 0.493 e. The first-order valence-corrected chi connectivity index (χ1v) is 9.33. The summed E-state index contributed by atoms with van der Waals surface area (Å²) in [6, 6.07) is 9.68. The molecule has 7 nitrogen and oxygen atoms in total. The van der Waals surface area contributed by atoms with Crippen LogP contribution in [0.2, 0.25) is 0 Å². The van der Waals surface area contributed by atoms with Gasteiger partial charge in [0.15, 0.2) is 16.9 Å². The maximum absolute atomic E-state index is 13.4. The fourth-order valence-electron chi connectivity index (χ4n) is 3.90. The van der Waals surface area contributed by atoms with Crippen molar-refractivity contribution in [3.63, 3.8) is 0 Å². The zero-order chi connectivity index (χ0) is 21.4. The Balaban J connectivity index is 2.02. The van der Waals surface area contributed by atoms with Gasteiger partial charge in [0.05, 0.1) is 38.3 Å². The van der Waals surface area contributed by atoms with E-state index in [4.69, 9.17) is 18.6 Å². The summed E-state index contributed by atoms with van der Waals surface area (Å²) in [7, 11) is 4.54. The number of benzene rings is 2. The average molecular weight is 407 g/mol. The third kappa shape index (κ3) is 2.82. The fourth-order valence-corrected chi connectivity index (χ4v) is 3.90. The van der Waals surface area contributed by atoms with Gasteiger partial charge in [0.1, 0.15) is 5.58 Å².